The first-order chi connectivity index (χ1) is 10.8. The van der Waals surface area contributed by atoms with Crippen LogP contribution in [0, 0.1) is 0 Å². The van der Waals surface area contributed by atoms with E-state index in [1.54, 1.807) is 12.1 Å². The molecule has 138 valence electrons. The Balaban J connectivity index is 0.00000288. The number of nitrogens with one attached hydrogen (secondary N) is 1. The normalized spacial score (nSPS) is 10.3. The molecule has 0 saturated heterocycles. The molecule has 0 fully saturated rings. The van der Waals surface area contributed by atoms with Gasteiger partial charge in [0.15, 0.2) is 0 Å². The van der Waals surface area contributed by atoms with Gasteiger partial charge in [-0.3, -0.25) is 4.79 Å². The Labute approximate surface area is 150 Å². The lowest BCUT2D eigenvalue weighted by Crippen LogP contribution is -2.23. The molecule has 0 spiro atoms. The lowest BCUT2D eigenvalue weighted by atomic mass is 10.1. The molecule has 0 aromatic heterocycles. The fraction of sp³-hybridized carbons (Fsp3) is 0.278. The summed E-state index contributed by atoms with van der Waals surface area (Å²) in [6.45, 7) is 0.0899. The Bertz CT molecular complexity index is 700. The van der Waals surface area contributed by atoms with Crippen molar-refractivity contribution in [3.05, 3.63) is 64.2 Å². The summed E-state index contributed by atoms with van der Waals surface area (Å²) in [4.78, 5) is 12.1. The summed E-state index contributed by atoms with van der Waals surface area (Å²) in [6.07, 6.45) is -4.38. The van der Waals surface area contributed by atoms with Gasteiger partial charge in [0.05, 0.1) is 18.2 Å². The third-order valence-electron chi connectivity index (χ3n) is 3.14. The van der Waals surface area contributed by atoms with Crippen LogP contribution in [0.5, 0.6) is 5.75 Å². The van der Waals surface area contributed by atoms with E-state index in [4.69, 9.17) is 16.3 Å². The van der Waals surface area contributed by atoms with Gasteiger partial charge in [-0.25, -0.2) is 0 Å². The molecular formula is C18H21ClF3NO2. The molecule has 0 aliphatic heterocycles. The lowest BCUT2D eigenvalue weighted by Gasteiger charge is -2.11. The first-order valence-electron chi connectivity index (χ1n) is 6.59. The molecule has 7 heteroatoms. The van der Waals surface area contributed by atoms with E-state index in [0.29, 0.717) is 16.3 Å². The molecule has 1 amide bonds. The van der Waals surface area contributed by atoms with Gasteiger partial charge in [-0.1, -0.05) is 38.6 Å². The van der Waals surface area contributed by atoms with Crippen LogP contribution in [0.3, 0.4) is 0 Å². The second-order valence-electron chi connectivity index (χ2n) is 4.72. The number of ether oxygens (including phenoxy) is 1. The summed E-state index contributed by atoms with van der Waals surface area (Å²) in [5, 5.41) is 3.00. The number of alkyl halides is 3. The van der Waals surface area contributed by atoms with E-state index in [0.717, 1.165) is 12.1 Å². The standard InChI is InChI=1S/C16H13ClF3NO2.2CH4/c1-23-14-7-6-12(17)8-13(14)15(22)21-9-10-2-4-11(5-3-10)16(18,19)20;;/h2-8H,9H2,1H3,(H,21,22);2*1H4. The maximum Gasteiger partial charge on any atom is 0.416 e. The van der Waals surface area contributed by atoms with Gasteiger partial charge in [-0.2, -0.15) is 13.2 Å². The van der Waals surface area contributed by atoms with E-state index in [-0.39, 0.29) is 27.0 Å². The number of rotatable bonds is 4. The van der Waals surface area contributed by atoms with Gasteiger partial charge in [0.25, 0.3) is 5.91 Å². The smallest absolute Gasteiger partial charge is 0.416 e. The molecule has 0 saturated carbocycles. The van der Waals surface area contributed by atoms with Crippen molar-refractivity contribution in [3.63, 3.8) is 0 Å². The summed E-state index contributed by atoms with van der Waals surface area (Å²) in [5.41, 5.74) is 0.0725. The predicted octanol–water partition coefficient (Wildman–Crippen LogP) is 5.57. The van der Waals surface area contributed by atoms with Crippen LogP contribution in [0.25, 0.3) is 0 Å². The van der Waals surface area contributed by atoms with Crippen molar-refractivity contribution < 1.29 is 22.7 Å². The average molecular weight is 376 g/mol. The van der Waals surface area contributed by atoms with E-state index < -0.39 is 17.6 Å². The van der Waals surface area contributed by atoms with Crippen molar-refractivity contribution in [2.75, 3.05) is 7.11 Å². The predicted molar refractivity (Wildman–Crippen MR) is 94.1 cm³/mol. The van der Waals surface area contributed by atoms with E-state index in [1.807, 2.05) is 0 Å². The Kier molecular flexibility index (Phi) is 8.50. The molecule has 25 heavy (non-hydrogen) atoms. The quantitative estimate of drug-likeness (QED) is 0.758. The molecular weight excluding hydrogens is 355 g/mol. The number of benzene rings is 2. The third-order valence-corrected chi connectivity index (χ3v) is 3.38. The first-order valence-corrected chi connectivity index (χ1v) is 6.97. The molecule has 0 aliphatic carbocycles. The van der Waals surface area contributed by atoms with Crippen LogP contribution >= 0.6 is 11.6 Å². The highest BCUT2D eigenvalue weighted by Crippen LogP contribution is 2.29. The van der Waals surface area contributed by atoms with Crippen molar-refractivity contribution >= 4 is 17.5 Å². The minimum atomic E-state index is -4.38. The summed E-state index contributed by atoms with van der Waals surface area (Å²) in [5.74, 6) is -0.0661. The summed E-state index contributed by atoms with van der Waals surface area (Å²) in [6, 6.07) is 9.20. The highest BCUT2D eigenvalue weighted by atomic mass is 35.5. The van der Waals surface area contributed by atoms with Gasteiger partial charge in [0, 0.05) is 11.6 Å². The minimum absolute atomic E-state index is 0. The highest BCUT2D eigenvalue weighted by Gasteiger charge is 2.29. The summed E-state index contributed by atoms with van der Waals surface area (Å²) < 4.78 is 42.5. The Morgan fingerprint density at radius 3 is 2.24 bits per heavy atom. The van der Waals surface area contributed by atoms with Gasteiger partial charge in [0.1, 0.15) is 5.75 Å². The second kappa shape index (κ2) is 9.32. The molecule has 0 heterocycles. The maximum atomic E-state index is 12.5. The molecule has 0 bridgehead atoms. The minimum Gasteiger partial charge on any atom is -0.496 e. The first kappa shape index (κ1) is 22.8. The Morgan fingerprint density at radius 2 is 1.72 bits per heavy atom. The summed E-state index contributed by atoms with van der Waals surface area (Å²) in [7, 11) is 1.43. The van der Waals surface area contributed by atoms with Gasteiger partial charge < -0.3 is 10.1 Å². The maximum absolute atomic E-state index is 12.5. The van der Waals surface area contributed by atoms with Crippen LogP contribution in [-0.4, -0.2) is 13.0 Å². The topological polar surface area (TPSA) is 38.3 Å². The summed E-state index contributed by atoms with van der Waals surface area (Å²) >= 11 is 5.85. The van der Waals surface area contributed by atoms with Crippen molar-refractivity contribution in [1.29, 1.82) is 0 Å². The highest BCUT2D eigenvalue weighted by molar-refractivity contribution is 6.31. The molecule has 2 aromatic carbocycles. The number of amides is 1. The molecule has 3 nitrogen and oxygen atoms in total. The lowest BCUT2D eigenvalue weighted by molar-refractivity contribution is -0.137. The Hall–Kier alpha value is -2.21. The molecule has 0 unspecified atom stereocenters. The molecule has 2 rings (SSSR count). The SMILES string of the molecule is C.C.COc1ccc(Cl)cc1C(=O)NCc1ccc(C(F)(F)F)cc1. The number of methoxy groups -OCH3 is 1. The van der Waals surface area contributed by atoms with E-state index in [2.05, 4.69) is 5.32 Å². The van der Waals surface area contributed by atoms with Gasteiger partial charge >= 0.3 is 6.18 Å². The fourth-order valence-corrected chi connectivity index (χ4v) is 2.12. The van der Waals surface area contributed by atoms with E-state index >= 15 is 0 Å². The fourth-order valence-electron chi connectivity index (χ4n) is 1.95. The number of carbonyl (C=O) groups is 1. The van der Waals surface area contributed by atoms with Crippen molar-refractivity contribution in [2.45, 2.75) is 27.6 Å². The monoisotopic (exact) mass is 375 g/mol. The van der Waals surface area contributed by atoms with Crippen LogP contribution < -0.4 is 10.1 Å². The Morgan fingerprint density at radius 1 is 1.12 bits per heavy atom. The van der Waals surface area contributed by atoms with Crippen LogP contribution in [0.4, 0.5) is 13.2 Å². The van der Waals surface area contributed by atoms with Crippen molar-refractivity contribution in [2.24, 2.45) is 0 Å². The van der Waals surface area contributed by atoms with E-state index in [9.17, 15) is 18.0 Å². The third kappa shape index (κ3) is 5.98. The van der Waals surface area contributed by atoms with Crippen LogP contribution in [0.15, 0.2) is 42.5 Å². The van der Waals surface area contributed by atoms with E-state index in [1.165, 1.54) is 25.3 Å². The number of hydrogen-bond donors (Lipinski definition) is 1. The van der Waals surface area contributed by atoms with Crippen LogP contribution in [-0.2, 0) is 12.7 Å². The second-order valence-corrected chi connectivity index (χ2v) is 5.16. The number of halogens is 4. The average Bonchev–Trinajstić information content (AvgIpc) is 2.52. The zero-order valence-corrected chi connectivity index (χ0v) is 12.8. The number of carbonyl (C=O) groups excluding carboxylic acids is 1. The van der Waals surface area contributed by atoms with Gasteiger partial charge in [0.2, 0.25) is 0 Å². The molecule has 0 aliphatic rings. The molecule has 0 radical (unpaired) electrons. The largest absolute Gasteiger partial charge is 0.496 e. The molecule has 0 atom stereocenters. The zero-order chi connectivity index (χ0) is 17.0. The zero-order valence-electron chi connectivity index (χ0n) is 12.1. The molecule has 2 aromatic rings. The molecule has 1 N–H and O–H groups in total. The van der Waals surface area contributed by atoms with Gasteiger partial charge in [-0.15, -0.1) is 0 Å². The number of hydrogen-bond acceptors (Lipinski definition) is 2. The van der Waals surface area contributed by atoms with Gasteiger partial charge in [-0.05, 0) is 35.9 Å². The van der Waals surface area contributed by atoms with Crippen LogP contribution in [0.2, 0.25) is 5.02 Å². The van der Waals surface area contributed by atoms with Crippen molar-refractivity contribution in [3.8, 4) is 5.75 Å². The van der Waals surface area contributed by atoms with Crippen molar-refractivity contribution in [1.82, 2.24) is 5.32 Å². The van der Waals surface area contributed by atoms with Crippen LogP contribution in [0.1, 0.15) is 36.3 Å².